The van der Waals surface area contributed by atoms with E-state index in [-0.39, 0.29) is 11.5 Å². The maximum absolute atomic E-state index is 12.6. The number of hydrogen-bond donors (Lipinski definition) is 1. The molecule has 4 rings (SSSR count). The summed E-state index contributed by atoms with van der Waals surface area (Å²) in [4.78, 5) is 34.1. The molecule has 3 heterocycles. The molecular weight excluding hydrogens is 408 g/mol. The summed E-state index contributed by atoms with van der Waals surface area (Å²) < 4.78 is 1.58. The molecule has 0 saturated heterocycles. The van der Waals surface area contributed by atoms with Crippen molar-refractivity contribution in [2.24, 2.45) is 0 Å². The summed E-state index contributed by atoms with van der Waals surface area (Å²) in [6.45, 7) is 6.42. The molecular formula is C24H22N4O2S. The number of rotatable bonds is 5. The lowest BCUT2D eigenvalue weighted by molar-refractivity contribution is 0.102. The molecule has 3 aromatic heterocycles. The summed E-state index contributed by atoms with van der Waals surface area (Å²) in [7, 11) is 0. The van der Waals surface area contributed by atoms with Crippen LogP contribution in [0.2, 0.25) is 0 Å². The highest BCUT2D eigenvalue weighted by atomic mass is 32.1. The lowest BCUT2D eigenvalue weighted by atomic mass is 10.1. The Morgan fingerprint density at radius 2 is 1.84 bits per heavy atom. The van der Waals surface area contributed by atoms with E-state index >= 15 is 0 Å². The molecule has 0 atom stereocenters. The fourth-order valence-corrected chi connectivity index (χ4v) is 4.08. The summed E-state index contributed by atoms with van der Waals surface area (Å²) >= 11 is 1.32. The fraction of sp³-hybridized carbons (Fsp3) is 0.167. The summed E-state index contributed by atoms with van der Waals surface area (Å²) in [5.74, 6) is -0.367. The molecule has 156 valence electrons. The van der Waals surface area contributed by atoms with Crippen molar-refractivity contribution < 1.29 is 4.79 Å². The lowest BCUT2D eigenvalue weighted by Crippen LogP contribution is -2.22. The highest BCUT2D eigenvalue weighted by Gasteiger charge is 2.12. The van der Waals surface area contributed by atoms with Crippen LogP contribution < -0.4 is 10.9 Å². The fourth-order valence-electron chi connectivity index (χ4n) is 3.38. The molecule has 0 saturated carbocycles. The van der Waals surface area contributed by atoms with E-state index in [0.717, 1.165) is 28.1 Å². The third-order valence-corrected chi connectivity index (χ3v) is 5.54. The molecule has 0 spiro atoms. The van der Waals surface area contributed by atoms with Crippen LogP contribution in [0.4, 0.5) is 5.13 Å². The third-order valence-electron chi connectivity index (χ3n) is 4.78. The van der Waals surface area contributed by atoms with Crippen LogP contribution in [0.15, 0.2) is 64.9 Å². The van der Waals surface area contributed by atoms with E-state index in [1.165, 1.54) is 17.4 Å². The van der Waals surface area contributed by atoms with Gasteiger partial charge in [-0.1, -0.05) is 29.8 Å². The second kappa shape index (κ2) is 8.65. The first kappa shape index (κ1) is 20.7. The van der Waals surface area contributed by atoms with Gasteiger partial charge >= 0.3 is 0 Å². The number of pyridine rings is 2. The van der Waals surface area contributed by atoms with Gasteiger partial charge in [0.05, 0.1) is 12.2 Å². The molecule has 6 nitrogen and oxygen atoms in total. The predicted octanol–water partition coefficient (Wildman–Crippen LogP) is 4.59. The monoisotopic (exact) mass is 430 g/mol. The first-order valence-electron chi connectivity index (χ1n) is 9.86. The van der Waals surface area contributed by atoms with Gasteiger partial charge in [-0.25, -0.2) is 4.98 Å². The Morgan fingerprint density at radius 3 is 2.58 bits per heavy atom. The van der Waals surface area contributed by atoms with Crippen molar-refractivity contribution in [3.8, 4) is 11.4 Å². The molecule has 1 aromatic carbocycles. The van der Waals surface area contributed by atoms with Crippen molar-refractivity contribution in [2.75, 3.05) is 5.32 Å². The molecule has 31 heavy (non-hydrogen) atoms. The largest absolute Gasteiger partial charge is 0.311 e. The van der Waals surface area contributed by atoms with E-state index in [4.69, 9.17) is 0 Å². The van der Waals surface area contributed by atoms with E-state index in [1.54, 1.807) is 16.8 Å². The molecule has 0 radical (unpaired) electrons. The van der Waals surface area contributed by atoms with Gasteiger partial charge in [0.2, 0.25) is 0 Å². The van der Waals surface area contributed by atoms with Crippen LogP contribution in [0.1, 0.15) is 32.7 Å². The first-order chi connectivity index (χ1) is 14.9. The third kappa shape index (κ3) is 4.95. The molecule has 0 unspecified atom stereocenters. The van der Waals surface area contributed by atoms with Crippen LogP contribution >= 0.6 is 11.3 Å². The second-order valence-corrected chi connectivity index (χ2v) is 8.39. The molecule has 0 aliphatic rings. The summed E-state index contributed by atoms with van der Waals surface area (Å²) in [5.41, 5.74) is 5.75. The van der Waals surface area contributed by atoms with Crippen LogP contribution in [0, 0.1) is 20.8 Å². The summed E-state index contributed by atoms with van der Waals surface area (Å²) in [5, 5.41) is 5.09. The molecule has 1 amide bonds. The maximum Gasteiger partial charge on any atom is 0.257 e. The van der Waals surface area contributed by atoms with E-state index in [1.807, 2.05) is 62.5 Å². The number of carbonyl (C=O) groups is 1. The lowest BCUT2D eigenvalue weighted by Gasteiger charge is -2.08. The second-order valence-electron chi connectivity index (χ2n) is 7.53. The van der Waals surface area contributed by atoms with Gasteiger partial charge in [-0.3, -0.25) is 19.9 Å². The average Bonchev–Trinajstić information content (AvgIpc) is 3.17. The van der Waals surface area contributed by atoms with Crippen LogP contribution in [-0.4, -0.2) is 20.4 Å². The van der Waals surface area contributed by atoms with Crippen molar-refractivity contribution in [1.29, 1.82) is 0 Å². The van der Waals surface area contributed by atoms with Crippen molar-refractivity contribution >= 4 is 22.4 Å². The number of amides is 1. The number of benzene rings is 1. The zero-order valence-corrected chi connectivity index (χ0v) is 18.4. The number of nitrogens with one attached hydrogen (secondary N) is 1. The van der Waals surface area contributed by atoms with Gasteiger partial charge in [0, 0.05) is 28.9 Å². The van der Waals surface area contributed by atoms with Crippen molar-refractivity contribution in [1.82, 2.24) is 14.5 Å². The molecule has 1 N–H and O–H groups in total. The van der Waals surface area contributed by atoms with Gasteiger partial charge in [0.25, 0.3) is 11.5 Å². The predicted molar refractivity (Wildman–Crippen MR) is 124 cm³/mol. The van der Waals surface area contributed by atoms with Gasteiger partial charge < -0.3 is 4.57 Å². The van der Waals surface area contributed by atoms with E-state index < -0.39 is 0 Å². The van der Waals surface area contributed by atoms with Gasteiger partial charge in [0.1, 0.15) is 5.69 Å². The smallest absolute Gasteiger partial charge is 0.257 e. The normalized spacial score (nSPS) is 10.8. The van der Waals surface area contributed by atoms with Gasteiger partial charge in [-0.15, -0.1) is 11.3 Å². The van der Waals surface area contributed by atoms with E-state index in [0.29, 0.717) is 22.9 Å². The molecule has 4 aromatic rings. The van der Waals surface area contributed by atoms with E-state index in [9.17, 15) is 9.59 Å². The number of thiazole rings is 1. The Kier molecular flexibility index (Phi) is 5.77. The molecule has 0 aliphatic carbocycles. The number of hydrogen-bond acceptors (Lipinski definition) is 5. The van der Waals surface area contributed by atoms with Crippen LogP contribution in [0.5, 0.6) is 0 Å². The standard InChI is InChI=1S/C24H22N4O2S/c1-15-5-4-6-18(10-15)13-28-8-7-19(12-22(28)29)23(30)27-24-26-21(14-31-24)20-11-16(2)9-17(3)25-20/h4-12,14H,13H2,1-3H3,(H,26,27,30). The topological polar surface area (TPSA) is 76.9 Å². The summed E-state index contributed by atoms with van der Waals surface area (Å²) in [6.07, 6.45) is 1.65. The Balaban J connectivity index is 1.48. The minimum Gasteiger partial charge on any atom is -0.311 e. The Hall–Kier alpha value is -3.58. The first-order valence-corrected chi connectivity index (χ1v) is 10.7. The number of nitrogens with zero attached hydrogens (tertiary/aromatic N) is 3. The van der Waals surface area contributed by atoms with Gasteiger partial charge in [0.15, 0.2) is 5.13 Å². The highest BCUT2D eigenvalue weighted by molar-refractivity contribution is 7.14. The van der Waals surface area contributed by atoms with Crippen LogP contribution in [-0.2, 0) is 6.54 Å². The Labute approximate surface area is 184 Å². The molecule has 7 heteroatoms. The molecule has 0 fully saturated rings. The van der Waals surface area contributed by atoms with Crippen molar-refractivity contribution in [3.05, 3.63) is 98.4 Å². The quantitative estimate of drug-likeness (QED) is 0.502. The Morgan fingerprint density at radius 1 is 1.00 bits per heavy atom. The Bertz CT molecular complexity index is 1300. The zero-order valence-electron chi connectivity index (χ0n) is 17.5. The van der Waals surface area contributed by atoms with E-state index in [2.05, 4.69) is 15.3 Å². The minimum atomic E-state index is -0.367. The van der Waals surface area contributed by atoms with Crippen LogP contribution in [0.25, 0.3) is 11.4 Å². The van der Waals surface area contributed by atoms with Crippen LogP contribution in [0.3, 0.4) is 0 Å². The van der Waals surface area contributed by atoms with Crippen molar-refractivity contribution in [2.45, 2.75) is 27.3 Å². The number of aromatic nitrogens is 3. The number of carbonyl (C=O) groups excluding carboxylic acids is 1. The average molecular weight is 431 g/mol. The zero-order chi connectivity index (χ0) is 22.0. The van der Waals surface area contributed by atoms with Crippen molar-refractivity contribution in [3.63, 3.8) is 0 Å². The molecule has 0 bridgehead atoms. The number of aryl methyl sites for hydroxylation is 3. The van der Waals surface area contributed by atoms with Gasteiger partial charge in [-0.05, 0) is 50.1 Å². The SMILES string of the molecule is Cc1cccc(Cn2ccc(C(=O)Nc3nc(-c4cc(C)cc(C)n4)cs3)cc2=O)c1. The van der Waals surface area contributed by atoms with Gasteiger partial charge in [-0.2, -0.15) is 0 Å². The summed E-state index contributed by atoms with van der Waals surface area (Å²) in [6, 6.07) is 15.0. The maximum atomic E-state index is 12.6. The molecule has 0 aliphatic heterocycles. The number of anilines is 1. The highest BCUT2D eigenvalue weighted by Crippen LogP contribution is 2.25. The minimum absolute atomic E-state index is 0.228.